The van der Waals surface area contributed by atoms with Gasteiger partial charge in [0.15, 0.2) is 0 Å². The molecule has 2 rings (SSSR count). The van der Waals surface area contributed by atoms with Gasteiger partial charge >= 0.3 is 0 Å². The molecule has 0 saturated carbocycles. The van der Waals surface area contributed by atoms with Gasteiger partial charge < -0.3 is 0 Å². The quantitative estimate of drug-likeness (QED) is 0.651. The number of hydrogen-bond donors (Lipinski definition) is 0. The van der Waals surface area contributed by atoms with Crippen molar-refractivity contribution in [2.45, 2.75) is 6.92 Å². The van der Waals surface area contributed by atoms with Crippen molar-refractivity contribution >= 4 is 18.2 Å². The van der Waals surface area contributed by atoms with E-state index in [1.54, 1.807) is 0 Å². The molecule has 2 aromatic carbocycles. The van der Waals surface area contributed by atoms with Crippen LogP contribution in [0.4, 0.5) is 0 Å². The van der Waals surface area contributed by atoms with Crippen LogP contribution in [0.2, 0.25) is 0 Å². The van der Waals surface area contributed by atoms with Crippen molar-refractivity contribution in [3.63, 3.8) is 0 Å². The fourth-order valence-corrected chi connectivity index (χ4v) is 1.61. The van der Waals surface area contributed by atoms with Crippen molar-refractivity contribution in [3.8, 4) is 0 Å². The van der Waals surface area contributed by atoms with Gasteiger partial charge in [-0.25, -0.2) is 0 Å². The summed E-state index contributed by atoms with van der Waals surface area (Å²) in [5.74, 6) is 0. The van der Waals surface area contributed by atoms with Crippen molar-refractivity contribution in [1.29, 1.82) is 0 Å². The lowest BCUT2D eigenvalue weighted by molar-refractivity contribution is 1.46. The van der Waals surface area contributed by atoms with Crippen molar-refractivity contribution in [1.82, 2.24) is 0 Å². The molecule has 0 spiro atoms. The van der Waals surface area contributed by atoms with E-state index in [0.29, 0.717) is 0 Å². The van der Waals surface area contributed by atoms with Crippen molar-refractivity contribution in [3.05, 3.63) is 77.4 Å². The Labute approximate surface area is 103 Å². The standard InChI is InChI=1S/C17H16/c1-3-15-8-10-17(11-9-15)13-12-16-6-4-14(2)5-7-16/h3-13H,1H2,2H3/b13-12+. The van der Waals surface area contributed by atoms with Crippen LogP contribution in [0.1, 0.15) is 22.3 Å². The minimum Gasteiger partial charge on any atom is -0.0985 e. The van der Waals surface area contributed by atoms with E-state index in [9.17, 15) is 0 Å². The molecule has 0 aromatic heterocycles. The van der Waals surface area contributed by atoms with Crippen LogP contribution < -0.4 is 0 Å². The summed E-state index contributed by atoms with van der Waals surface area (Å²) in [4.78, 5) is 0. The molecule has 0 amide bonds. The summed E-state index contributed by atoms with van der Waals surface area (Å²) in [7, 11) is 0. The maximum atomic E-state index is 3.74. The summed E-state index contributed by atoms with van der Waals surface area (Å²) in [5.41, 5.74) is 4.87. The lowest BCUT2D eigenvalue weighted by Crippen LogP contribution is -1.75. The molecule has 17 heavy (non-hydrogen) atoms. The molecule has 0 aliphatic carbocycles. The number of benzene rings is 2. The molecule has 0 heteroatoms. The summed E-state index contributed by atoms with van der Waals surface area (Å²) in [6.45, 7) is 5.84. The topological polar surface area (TPSA) is 0 Å². The SMILES string of the molecule is C=Cc1ccc(/C=C/c2ccc(C)cc2)cc1. The zero-order chi connectivity index (χ0) is 12.1. The summed E-state index contributed by atoms with van der Waals surface area (Å²) in [6.07, 6.45) is 6.10. The zero-order valence-electron chi connectivity index (χ0n) is 10.1. The van der Waals surface area contributed by atoms with Crippen molar-refractivity contribution in [2.24, 2.45) is 0 Å². The molecule has 0 radical (unpaired) electrons. The highest BCUT2D eigenvalue weighted by atomic mass is 13.9. The van der Waals surface area contributed by atoms with Crippen LogP contribution in [0.5, 0.6) is 0 Å². The monoisotopic (exact) mass is 220 g/mol. The minimum atomic E-state index is 1.15. The highest BCUT2D eigenvalue weighted by Crippen LogP contribution is 2.11. The fourth-order valence-electron chi connectivity index (χ4n) is 1.61. The third kappa shape index (κ3) is 3.18. The second kappa shape index (κ2) is 5.31. The van der Waals surface area contributed by atoms with Crippen LogP contribution in [0.15, 0.2) is 55.1 Å². The third-order valence-corrected chi connectivity index (χ3v) is 2.72. The zero-order valence-corrected chi connectivity index (χ0v) is 10.1. The highest BCUT2D eigenvalue weighted by Gasteiger charge is 1.89. The fraction of sp³-hybridized carbons (Fsp3) is 0.0588. The molecule has 0 atom stereocenters. The average Bonchev–Trinajstić information content (AvgIpc) is 2.39. The van der Waals surface area contributed by atoms with Gasteiger partial charge in [-0.2, -0.15) is 0 Å². The van der Waals surface area contributed by atoms with Gasteiger partial charge in [-0.05, 0) is 23.6 Å². The lowest BCUT2D eigenvalue weighted by Gasteiger charge is -1.97. The van der Waals surface area contributed by atoms with Crippen LogP contribution in [-0.4, -0.2) is 0 Å². The average molecular weight is 220 g/mol. The van der Waals surface area contributed by atoms with Gasteiger partial charge in [-0.15, -0.1) is 0 Å². The van der Waals surface area contributed by atoms with Crippen LogP contribution in [0.3, 0.4) is 0 Å². The second-order valence-electron chi connectivity index (χ2n) is 4.11. The van der Waals surface area contributed by atoms with Gasteiger partial charge in [0.05, 0.1) is 0 Å². The van der Waals surface area contributed by atoms with E-state index in [0.717, 1.165) is 5.56 Å². The Balaban J connectivity index is 2.14. The Morgan fingerprint density at radius 2 is 1.12 bits per heavy atom. The first kappa shape index (κ1) is 11.4. The molecule has 0 heterocycles. The Morgan fingerprint density at radius 1 is 0.706 bits per heavy atom. The maximum absolute atomic E-state index is 3.74. The number of hydrogen-bond acceptors (Lipinski definition) is 0. The van der Waals surface area contributed by atoms with Gasteiger partial charge in [-0.3, -0.25) is 0 Å². The molecule has 0 aliphatic heterocycles. The molecule has 0 unspecified atom stereocenters. The van der Waals surface area contributed by atoms with E-state index >= 15 is 0 Å². The summed E-state index contributed by atoms with van der Waals surface area (Å²) >= 11 is 0. The summed E-state index contributed by atoms with van der Waals surface area (Å²) in [5, 5.41) is 0. The van der Waals surface area contributed by atoms with E-state index in [1.165, 1.54) is 16.7 Å². The van der Waals surface area contributed by atoms with E-state index in [4.69, 9.17) is 0 Å². The molecule has 0 aliphatic rings. The molecule has 0 saturated heterocycles. The normalized spacial score (nSPS) is 10.6. The molecule has 84 valence electrons. The van der Waals surface area contributed by atoms with Gasteiger partial charge in [0.2, 0.25) is 0 Å². The highest BCUT2D eigenvalue weighted by molar-refractivity contribution is 5.70. The largest absolute Gasteiger partial charge is 0.0985 e. The Hall–Kier alpha value is -2.08. The van der Waals surface area contributed by atoms with E-state index < -0.39 is 0 Å². The molecule has 0 bridgehead atoms. The Bertz CT molecular complexity index is 513. The maximum Gasteiger partial charge on any atom is -0.0256 e. The van der Waals surface area contributed by atoms with Crippen LogP contribution in [-0.2, 0) is 0 Å². The number of rotatable bonds is 3. The van der Waals surface area contributed by atoms with E-state index in [2.05, 4.69) is 74.2 Å². The molecule has 0 N–H and O–H groups in total. The van der Waals surface area contributed by atoms with Gasteiger partial charge in [0.25, 0.3) is 0 Å². The summed E-state index contributed by atoms with van der Waals surface area (Å²) in [6, 6.07) is 16.8. The van der Waals surface area contributed by atoms with Crippen LogP contribution in [0.25, 0.3) is 18.2 Å². The lowest BCUT2D eigenvalue weighted by atomic mass is 10.1. The molecule has 2 aromatic rings. The second-order valence-corrected chi connectivity index (χ2v) is 4.11. The van der Waals surface area contributed by atoms with E-state index in [1.807, 2.05) is 6.08 Å². The number of aryl methyl sites for hydroxylation is 1. The van der Waals surface area contributed by atoms with Crippen molar-refractivity contribution < 1.29 is 0 Å². The summed E-state index contributed by atoms with van der Waals surface area (Å²) < 4.78 is 0. The van der Waals surface area contributed by atoms with Crippen LogP contribution in [0, 0.1) is 6.92 Å². The predicted molar refractivity (Wildman–Crippen MR) is 76.6 cm³/mol. The molecule has 0 fully saturated rings. The minimum absolute atomic E-state index is 1.15. The first-order valence-corrected chi connectivity index (χ1v) is 5.75. The van der Waals surface area contributed by atoms with E-state index in [-0.39, 0.29) is 0 Å². The predicted octanol–water partition coefficient (Wildman–Crippen LogP) is 4.81. The first-order chi connectivity index (χ1) is 8.28. The third-order valence-electron chi connectivity index (χ3n) is 2.72. The van der Waals surface area contributed by atoms with Gasteiger partial charge in [0, 0.05) is 0 Å². The Morgan fingerprint density at radius 3 is 1.59 bits per heavy atom. The smallest absolute Gasteiger partial charge is 0.0256 e. The molecule has 0 nitrogen and oxygen atoms in total. The van der Waals surface area contributed by atoms with Gasteiger partial charge in [0.1, 0.15) is 0 Å². The molecular formula is C17H16. The van der Waals surface area contributed by atoms with Crippen molar-refractivity contribution in [2.75, 3.05) is 0 Å². The molecular weight excluding hydrogens is 204 g/mol. The van der Waals surface area contributed by atoms with Crippen LogP contribution >= 0.6 is 0 Å². The Kier molecular flexibility index (Phi) is 3.56. The van der Waals surface area contributed by atoms with Gasteiger partial charge in [-0.1, -0.05) is 78.9 Å². The first-order valence-electron chi connectivity index (χ1n) is 5.75.